The second-order valence-corrected chi connectivity index (χ2v) is 6.24. The molecule has 148 valence electrons. The molecule has 2 N–H and O–H groups in total. The maximum absolute atomic E-state index is 12.4. The summed E-state index contributed by atoms with van der Waals surface area (Å²) in [5.41, 5.74) is 0.367. The Hall–Kier alpha value is -3.19. The Morgan fingerprint density at radius 2 is 1.86 bits per heavy atom. The molecule has 0 radical (unpaired) electrons. The molecule has 0 aliphatic rings. The monoisotopic (exact) mass is 385 g/mol. The van der Waals surface area contributed by atoms with Gasteiger partial charge in [0.15, 0.2) is 0 Å². The van der Waals surface area contributed by atoms with Gasteiger partial charge in [-0.15, -0.1) is 0 Å². The Bertz CT molecular complexity index is 858. The van der Waals surface area contributed by atoms with E-state index >= 15 is 0 Å². The number of hydrogen-bond acceptors (Lipinski definition) is 6. The van der Waals surface area contributed by atoms with Crippen LogP contribution in [0.1, 0.15) is 23.7 Å². The highest BCUT2D eigenvalue weighted by molar-refractivity contribution is 6.04. The van der Waals surface area contributed by atoms with E-state index in [0.717, 1.165) is 10.8 Å². The molecule has 2 rings (SSSR count). The molecule has 2 atom stereocenters. The quantitative estimate of drug-likeness (QED) is 0.508. The molecule has 7 heteroatoms. The van der Waals surface area contributed by atoms with Crippen LogP contribution < -0.4 is 5.32 Å². The van der Waals surface area contributed by atoms with Crippen molar-refractivity contribution in [2.75, 3.05) is 13.2 Å². The summed E-state index contributed by atoms with van der Waals surface area (Å²) < 4.78 is 10.0. The number of carbonyl (C=O) groups excluding carboxylic acids is 3. The van der Waals surface area contributed by atoms with Crippen molar-refractivity contribution in [3.05, 3.63) is 60.7 Å². The Labute approximate surface area is 162 Å². The third-order valence-electron chi connectivity index (χ3n) is 4.00. The second kappa shape index (κ2) is 10.2. The van der Waals surface area contributed by atoms with Crippen LogP contribution in [0.4, 0.5) is 4.79 Å². The van der Waals surface area contributed by atoms with Crippen molar-refractivity contribution < 1.29 is 29.0 Å². The molecular formula is C21H23NO6. The van der Waals surface area contributed by atoms with Gasteiger partial charge in [0.05, 0.1) is 11.6 Å². The van der Waals surface area contributed by atoms with E-state index in [1.807, 2.05) is 24.3 Å². The fourth-order valence-electron chi connectivity index (χ4n) is 2.68. The number of Topliss-reactive ketones (excluding diaryl/α,β-unsaturated/α-hetero) is 1. The number of aliphatic hydroxyl groups is 1. The summed E-state index contributed by atoms with van der Waals surface area (Å²) >= 11 is 0. The van der Waals surface area contributed by atoms with Crippen molar-refractivity contribution in [2.45, 2.75) is 25.5 Å². The van der Waals surface area contributed by atoms with Crippen LogP contribution >= 0.6 is 0 Å². The van der Waals surface area contributed by atoms with E-state index in [1.54, 1.807) is 18.2 Å². The summed E-state index contributed by atoms with van der Waals surface area (Å²) in [6.45, 7) is 4.36. The number of carbonyl (C=O) groups is 3. The second-order valence-electron chi connectivity index (χ2n) is 6.24. The average Bonchev–Trinajstić information content (AvgIpc) is 2.68. The molecule has 2 aromatic carbocycles. The zero-order valence-electron chi connectivity index (χ0n) is 15.6. The standard InChI is InChI=1S/C21H23NO6/c1-3-11-27-21(26)22-18(12-14(2)23)19(24)13-28-20(25)17-10-6-8-15-7-4-5-9-16(15)17/h3-10,18-19,24H,1,11-13H2,2H3,(H,22,26)/t18-,19?/m0/s1. The van der Waals surface area contributed by atoms with E-state index < -0.39 is 24.2 Å². The van der Waals surface area contributed by atoms with E-state index in [4.69, 9.17) is 9.47 Å². The molecular weight excluding hydrogens is 362 g/mol. The van der Waals surface area contributed by atoms with Gasteiger partial charge in [0.1, 0.15) is 25.1 Å². The number of amides is 1. The Balaban J connectivity index is 2.02. The summed E-state index contributed by atoms with van der Waals surface area (Å²) in [7, 11) is 0. The van der Waals surface area contributed by atoms with Gasteiger partial charge in [-0.1, -0.05) is 49.1 Å². The van der Waals surface area contributed by atoms with Crippen LogP contribution in [0.15, 0.2) is 55.1 Å². The highest BCUT2D eigenvalue weighted by Gasteiger charge is 2.25. The zero-order valence-corrected chi connectivity index (χ0v) is 15.6. The minimum Gasteiger partial charge on any atom is -0.459 e. The number of alkyl carbamates (subject to hydrolysis) is 1. The van der Waals surface area contributed by atoms with Crippen LogP contribution in [0.2, 0.25) is 0 Å². The predicted molar refractivity (Wildman–Crippen MR) is 104 cm³/mol. The minimum atomic E-state index is -1.28. The topological polar surface area (TPSA) is 102 Å². The van der Waals surface area contributed by atoms with Gasteiger partial charge in [0.2, 0.25) is 0 Å². The van der Waals surface area contributed by atoms with E-state index in [0.29, 0.717) is 5.56 Å². The first-order valence-corrected chi connectivity index (χ1v) is 8.79. The highest BCUT2D eigenvalue weighted by atomic mass is 16.6. The van der Waals surface area contributed by atoms with Gasteiger partial charge in [0.25, 0.3) is 0 Å². The first kappa shape index (κ1) is 21.1. The lowest BCUT2D eigenvalue weighted by Gasteiger charge is -2.22. The number of hydrogen-bond donors (Lipinski definition) is 2. The maximum Gasteiger partial charge on any atom is 0.407 e. The number of ketones is 1. The van der Waals surface area contributed by atoms with Crippen molar-refractivity contribution in [1.29, 1.82) is 0 Å². The molecule has 0 saturated carbocycles. The molecule has 0 heterocycles. The number of ether oxygens (including phenoxy) is 2. The van der Waals surface area contributed by atoms with E-state index in [2.05, 4.69) is 11.9 Å². The number of rotatable bonds is 9. The van der Waals surface area contributed by atoms with Crippen molar-refractivity contribution in [2.24, 2.45) is 0 Å². The maximum atomic E-state index is 12.4. The molecule has 7 nitrogen and oxygen atoms in total. The van der Waals surface area contributed by atoms with Crippen LogP contribution in [0, 0.1) is 0 Å². The predicted octanol–water partition coefficient (Wildman–Crippen LogP) is 2.62. The Morgan fingerprint density at radius 3 is 2.57 bits per heavy atom. The molecule has 1 amide bonds. The molecule has 28 heavy (non-hydrogen) atoms. The molecule has 0 spiro atoms. The summed E-state index contributed by atoms with van der Waals surface area (Å²) in [4.78, 5) is 35.6. The van der Waals surface area contributed by atoms with Gasteiger partial charge in [-0.25, -0.2) is 9.59 Å². The SMILES string of the molecule is C=CCOC(=O)N[C@@H](CC(C)=O)C(O)COC(=O)c1cccc2ccccc12. The number of fused-ring (bicyclic) bond motifs is 1. The summed E-state index contributed by atoms with van der Waals surface area (Å²) in [6, 6.07) is 11.7. The van der Waals surface area contributed by atoms with E-state index in [9.17, 15) is 19.5 Å². The highest BCUT2D eigenvalue weighted by Crippen LogP contribution is 2.19. The zero-order chi connectivity index (χ0) is 20.5. The van der Waals surface area contributed by atoms with Crippen LogP contribution in [0.5, 0.6) is 0 Å². The molecule has 0 aliphatic heterocycles. The minimum absolute atomic E-state index is 0.00914. The van der Waals surface area contributed by atoms with Crippen LogP contribution in [-0.2, 0) is 14.3 Å². The smallest absolute Gasteiger partial charge is 0.407 e. The van der Waals surface area contributed by atoms with Gasteiger partial charge < -0.3 is 19.9 Å². The van der Waals surface area contributed by atoms with E-state index in [1.165, 1.54) is 13.0 Å². The van der Waals surface area contributed by atoms with Crippen LogP contribution in [0.25, 0.3) is 10.8 Å². The fourth-order valence-corrected chi connectivity index (χ4v) is 2.68. The average molecular weight is 385 g/mol. The lowest BCUT2D eigenvalue weighted by Crippen LogP contribution is -2.46. The van der Waals surface area contributed by atoms with Crippen LogP contribution in [0.3, 0.4) is 0 Å². The van der Waals surface area contributed by atoms with Gasteiger partial charge in [-0.05, 0) is 23.8 Å². The van der Waals surface area contributed by atoms with Gasteiger partial charge in [0, 0.05) is 6.42 Å². The largest absolute Gasteiger partial charge is 0.459 e. The normalized spacial score (nSPS) is 12.6. The number of esters is 1. The number of benzene rings is 2. The molecule has 2 aromatic rings. The van der Waals surface area contributed by atoms with Crippen LogP contribution in [-0.4, -0.2) is 48.3 Å². The lowest BCUT2D eigenvalue weighted by molar-refractivity contribution is -0.118. The Morgan fingerprint density at radius 1 is 1.14 bits per heavy atom. The van der Waals surface area contributed by atoms with Crippen molar-refractivity contribution >= 4 is 28.6 Å². The fraction of sp³-hybridized carbons (Fsp3) is 0.286. The third-order valence-corrected chi connectivity index (χ3v) is 4.00. The Kier molecular flexibility index (Phi) is 7.71. The van der Waals surface area contributed by atoms with Crippen molar-refractivity contribution in [3.63, 3.8) is 0 Å². The summed E-state index contributed by atoms with van der Waals surface area (Å²) in [5.74, 6) is -0.847. The summed E-state index contributed by atoms with van der Waals surface area (Å²) in [6.07, 6.45) is -0.817. The summed E-state index contributed by atoms with van der Waals surface area (Å²) in [5, 5.41) is 14.3. The molecule has 1 unspecified atom stereocenters. The van der Waals surface area contributed by atoms with Crippen molar-refractivity contribution in [1.82, 2.24) is 5.32 Å². The van der Waals surface area contributed by atoms with E-state index in [-0.39, 0.29) is 25.4 Å². The van der Waals surface area contributed by atoms with Gasteiger partial charge in [-0.3, -0.25) is 4.79 Å². The first-order valence-electron chi connectivity index (χ1n) is 8.79. The molecule has 0 saturated heterocycles. The van der Waals surface area contributed by atoms with Gasteiger partial charge in [-0.2, -0.15) is 0 Å². The number of nitrogens with one attached hydrogen (secondary N) is 1. The molecule has 0 bridgehead atoms. The van der Waals surface area contributed by atoms with Crippen molar-refractivity contribution in [3.8, 4) is 0 Å². The number of aliphatic hydroxyl groups excluding tert-OH is 1. The lowest BCUT2D eigenvalue weighted by atomic mass is 10.0. The molecule has 0 aromatic heterocycles. The molecule has 0 fully saturated rings. The van der Waals surface area contributed by atoms with Gasteiger partial charge >= 0.3 is 12.1 Å². The third kappa shape index (κ3) is 5.92. The first-order chi connectivity index (χ1) is 13.4. The molecule has 0 aliphatic carbocycles.